The maximum Gasteiger partial charge on any atom is 0.255 e. The molecule has 0 spiro atoms. The Hall–Kier alpha value is -3.13. The number of para-hydroxylation sites is 1. The van der Waals surface area contributed by atoms with Crippen molar-refractivity contribution in [3.8, 4) is 0 Å². The molecule has 1 aromatic heterocycles. The Morgan fingerprint density at radius 3 is 2.59 bits per heavy atom. The number of anilines is 2. The molecule has 0 unspecified atom stereocenters. The second-order valence-electron chi connectivity index (χ2n) is 6.11. The summed E-state index contributed by atoms with van der Waals surface area (Å²) < 4.78 is 1.64. The van der Waals surface area contributed by atoms with Gasteiger partial charge in [-0.25, -0.2) is 0 Å². The molecular formula is C19H18N6OS. The smallest absolute Gasteiger partial charge is 0.255 e. The van der Waals surface area contributed by atoms with E-state index in [4.69, 9.17) is 0 Å². The maximum atomic E-state index is 13.1. The number of fused-ring (bicyclic) bond motifs is 1. The summed E-state index contributed by atoms with van der Waals surface area (Å²) in [5.74, 6) is 0.328. The van der Waals surface area contributed by atoms with E-state index in [1.54, 1.807) is 16.4 Å². The monoisotopic (exact) mass is 378 g/mol. The number of aromatic nitrogens is 4. The fourth-order valence-electron chi connectivity index (χ4n) is 3.12. The summed E-state index contributed by atoms with van der Waals surface area (Å²) in [7, 11) is 0. The molecule has 0 fully saturated rings. The first-order valence-electron chi connectivity index (χ1n) is 8.43. The number of rotatable bonds is 4. The van der Waals surface area contributed by atoms with Gasteiger partial charge in [0.1, 0.15) is 6.04 Å². The lowest BCUT2D eigenvalue weighted by molar-refractivity contribution is -0.113. The fourth-order valence-corrected chi connectivity index (χ4v) is 3.53. The molecule has 136 valence electrons. The van der Waals surface area contributed by atoms with E-state index in [1.165, 1.54) is 0 Å². The molecule has 3 aromatic rings. The normalized spacial score (nSPS) is 15.9. The molecule has 1 amide bonds. The van der Waals surface area contributed by atoms with Crippen molar-refractivity contribution in [3.05, 3.63) is 71.4 Å². The van der Waals surface area contributed by atoms with Gasteiger partial charge >= 0.3 is 0 Å². The van der Waals surface area contributed by atoms with Gasteiger partial charge < -0.3 is 10.6 Å². The van der Waals surface area contributed by atoms with Crippen LogP contribution >= 0.6 is 11.8 Å². The van der Waals surface area contributed by atoms with E-state index < -0.39 is 6.04 Å². The van der Waals surface area contributed by atoms with Crippen molar-refractivity contribution in [3.63, 3.8) is 0 Å². The van der Waals surface area contributed by atoms with Gasteiger partial charge in [0.25, 0.3) is 5.91 Å². The van der Waals surface area contributed by atoms with Crippen molar-refractivity contribution in [1.29, 1.82) is 0 Å². The number of nitrogens with one attached hydrogen (secondary N) is 2. The highest BCUT2D eigenvalue weighted by Gasteiger charge is 2.33. The Morgan fingerprint density at radius 2 is 1.89 bits per heavy atom. The first-order chi connectivity index (χ1) is 13.2. The molecule has 8 heteroatoms. The number of hydrogen-bond donors (Lipinski definition) is 2. The molecule has 0 bridgehead atoms. The number of carbonyl (C=O) groups is 1. The van der Waals surface area contributed by atoms with E-state index in [-0.39, 0.29) is 5.91 Å². The zero-order valence-corrected chi connectivity index (χ0v) is 15.7. The van der Waals surface area contributed by atoms with E-state index in [0.29, 0.717) is 11.5 Å². The minimum atomic E-state index is -0.407. The summed E-state index contributed by atoms with van der Waals surface area (Å²) in [5.41, 5.74) is 2.99. The molecule has 27 heavy (non-hydrogen) atoms. The average Bonchev–Trinajstić information content (AvgIpc) is 3.15. The van der Waals surface area contributed by atoms with Crippen LogP contribution < -0.4 is 10.6 Å². The molecule has 7 nitrogen and oxygen atoms in total. The van der Waals surface area contributed by atoms with Gasteiger partial charge in [0.15, 0.2) is 0 Å². The van der Waals surface area contributed by atoms with E-state index in [9.17, 15) is 4.79 Å². The van der Waals surface area contributed by atoms with Crippen molar-refractivity contribution in [2.24, 2.45) is 0 Å². The van der Waals surface area contributed by atoms with Gasteiger partial charge in [-0.05, 0) is 53.4 Å². The van der Waals surface area contributed by atoms with E-state index in [2.05, 4.69) is 26.2 Å². The maximum absolute atomic E-state index is 13.1. The molecule has 2 N–H and O–H groups in total. The average molecular weight is 378 g/mol. The Balaban J connectivity index is 1.75. The first-order valence-corrected chi connectivity index (χ1v) is 9.66. The number of tetrazole rings is 1. The second-order valence-corrected chi connectivity index (χ2v) is 6.99. The predicted molar refractivity (Wildman–Crippen MR) is 106 cm³/mol. The third-order valence-corrected chi connectivity index (χ3v) is 5.17. The number of thioether (sulfide) groups is 1. The van der Waals surface area contributed by atoms with Gasteiger partial charge in [-0.15, -0.1) is 11.8 Å². The third kappa shape index (κ3) is 3.31. The third-order valence-electron chi connectivity index (χ3n) is 4.42. The standard InChI is InChI=1S/C19H18N6OS/c1-12-16(18(26)21-14-6-4-3-5-7-14)17(25-19(20-12)22-23-24-25)13-8-10-15(27-2)11-9-13/h3-11,17H,1-2H3,(H,21,26)(H,20,22,24)/t17-/m1/s1. The predicted octanol–water partition coefficient (Wildman–Crippen LogP) is 3.32. The van der Waals surface area contributed by atoms with Crippen molar-refractivity contribution in [1.82, 2.24) is 20.2 Å². The van der Waals surface area contributed by atoms with Crippen LogP contribution in [0, 0.1) is 0 Å². The molecule has 0 radical (unpaired) electrons. The lowest BCUT2D eigenvalue weighted by Crippen LogP contribution is -2.31. The summed E-state index contributed by atoms with van der Waals surface area (Å²) in [6.45, 7) is 1.86. The van der Waals surface area contributed by atoms with E-state index >= 15 is 0 Å². The highest BCUT2D eigenvalue weighted by molar-refractivity contribution is 7.98. The topological polar surface area (TPSA) is 84.7 Å². The largest absolute Gasteiger partial charge is 0.326 e. The van der Waals surface area contributed by atoms with Crippen LogP contribution in [0.3, 0.4) is 0 Å². The first kappa shape index (κ1) is 17.3. The highest BCUT2D eigenvalue weighted by Crippen LogP contribution is 2.35. The Labute approximate surface area is 160 Å². The summed E-state index contributed by atoms with van der Waals surface area (Å²) in [6, 6.07) is 17.1. The van der Waals surface area contributed by atoms with Crippen LogP contribution in [0.25, 0.3) is 0 Å². The van der Waals surface area contributed by atoms with Crippen LogP contribution in [-0.4, -0.2) is 32.4 Å². The van der Waals surface area contributed by atoms with Crippen molar-refractivity contribution >= 4 is 29.3 Å². The number of carbonyl (C=O) groups excluding carboxylic acids is 1. The lowest BCUT2D eigenvalue weighted by Gasteiger charge is -2.28. The SMILES string of the molecule is CSc1ccc([C@@H]2C(C(=O)Nc3ccccc3)=C(C)Nc3nnnn32)cc1. The van der Waals surface area contributed by atoms with Crippen LogP contribution in [0.2, 0.25) is 0 Å². The number of hydrogen-bond acceptors (Lipinski definition) is 6. The van der Waals surface area contributed by atoms with Gasteiger partial charge in [-0.3, -0.25) is 4.79 Å². The quantitative estimate of drug-likeness (QED) is 0.678. The highest BCUT2D eigenvalue weighted by atomic mass is 32.2. The van der Waals surface area contributed by atoms with Gasteiger partial charge in [-0.2, -0.15) is 4.68 Å². The van der Waals surface area contributed by atoms with Gasteiger partial charge in [-0.1, -0.05) is 35.4 Å². The minimum absolute atomic E-state index is 0.189. The molecule has 0 saturated heterocycles. The molecule has 1 aliphatic heterocycles. The lowest BCUT2D eigenvalue weighted by atomic mass is 9.95. The van der Waals surface area contributed by atoms with Crippen LogP contribution in [0.1, 0.15) is 18.5 Å². The number of nitrogens with zero attached hydrogens (tertiary/aromatic N) is 4. The molecule has 2 aromatic carbocycles. The zero-order valence-electron chi connectivity index (χ0n) is 14.9. The van der Waals surface area contributed by atoms with Crippen LogP contribution in [0.4, 0.5) is 11.6 Å². The van der Waals surface area contributed by atoms with E-state index in [1.807, 2.05) is 67.8 Å². The van der Waals surface area contributed by atoms with E-state index in [0.717, 1.165) is 21.8 Å². The van der Waals surface area contributed by atoms with Gasteiger partial charge in [0.05, 0.1) is 5.57 Å². The molecular weight excluding hydrogens is 360 g/mol. The molecule has 4 rings (SSSR count). The Bertz CT molecular complexity index is 997. The van der Waals surface area contributed by atoms with Crippen LogP contribution in [0.5, 0.6) is 0 Å². The van der Waals surface area contributed by atoms with Crippen molar-refractivity contribution in [2.45, 2.75) is 17.9 Å². The minimum Gasteiger partial charge on any atom is -0.326 e. The molecule has 0 saturated carbocycles. The molecule has 2 heterocycles. The van der Waals surface area contributed by atoms with Crippen LogP contribution in [0.15, 0.2) is 70.8 Å². The van der Waals surface area contributed by atoms with Crippen molar-refractivity contribution in [2.75, 3.05) is 16.9 Å². The number of amides is 1. The summed E-state index contributed by atoms with van der Waals surface area (Å²) >= 11 is 1.67. The summed E-state index contributed by atoms with van der Waals surface area (Å²) in [6.07, 6.45) is 2.03. The number of allylic oxidation sites excluding steroid dienone is 1. The fraction of sp³-hybridized carbons (Fsp3) is 0.158. The molecule has 0 aliphatic carbocycles. The second kappa shape index (κ2) is 7.24. The Morgan fingerprint density at radius 1 is 1.15 bits per heavy atom. The summed E-state index contributed by atoms with van der Waals surface area (Å²) in [5, 5.41) is 18.0. The molecule has 1 aliphatic rings. The van der Waals surface area contributed by atoms with Gasteiger partial charge in [0, 0.05) is 16.3 Å². The molecule has 1 atom stereocenters. The van der Waals surface area contributed by atoms with Crippen LogP contribution in [-0.2, 0) is 4.79 Å². The Kier molecular flexibility index (Phi) is 4.64. The summed E-state index contributed by atoms with van der Waals surface area (Å²) in [4.78, 5) is 14.3. The number of benzene rings is 2. The van der Waals surface area contributed by atoms with Crippen molar-refractivity contribution < 1.29 is 4.79 Å². The van der Waals surface area contributed by atoms with Gasteiger partial charge in [0.2, 0.25) is 5.95 Å². The zero-order chi connectivity index (χ0) is 18.8.